The first-order valence-electron chi connectivity index (χ1n) is 10.3. The summed E-state index contributed by atoms with van der Waals surface area (Å²) in [5, 5.41) is 20.8. The van der Waals surface area contributed by atoms with Gasteiger partial charge in [0.1, 0.15) is 11.6 Å². The third-order valence-electron chi connectivity index (χ3n) is 5.45. The molecule has 0 radical (unpaired) electrons. The van der Waals surface area contributed by atoms with Crippen LogP contribution >= 0.6 is 0 Å². The van der Waals surface area contributed by atoms with Crippen LogP contribution in [0.2, 0.25) is 0 Å². The van der Waals surface area contributed by atoms with E-state index in [4.69, 9.17) is 4.74 Å². The maximum atomic E-state index is 15.1. The molecule has 192 valence electrons. The number of ether oxygens (including phenoxy) is 1. The third-order valence-corrected chi connectivity index (χ3v) is 5.45. The monoisotopic (exact) mass is 519 g/mol. The number of H-pyrrole nitrogens is 2. The van der Waals surface area contributed by atoms with E-state index < -0.39 is 61.0 Å². The van der Waals surface area contributed by atoms with Gasteiger partial charge < -0.3 is 10.1 Å². The van der Waals surface area contributed by atoms with Crippen molar-refractivity contribution in [1.82, 2.24) is 36.1 Å². The van der Waals surface area contributed by atoms with Gasteiger partial charge in [0, 0.05) is 30.7 Å². The van der Waals surface area contributed by atoms with Crippen LogP contribution in [0.1, 0.15) is 36.3 Å². The summed E-state index contributed by atoms with van der Waals surface area (Å²) in [5.74, 6) is -3.17. The maximum absolute atomic E-state index is 15.1. The Morgan fingerprint density at radius 1 is 1.11 bits per heavy atom. The van der Waals surface area contributed by atoms with E-state index in [1.165, 1.54) is 12.3 Å². The summed E-state index contributed by atoms with van der Waals surface area (Å²) in [7, 11) is 0. The second kappa shape index (κ2) is 9.23. The van der Waals surface area contributed by atoms with Crippen molar-refractivity contribution in [2.24, 2.45) is 0 Å². The highest BCUT2D eigenvalue weighted by Crippen LogP contribution is 2.50. The number of aromatic nitrogens is 6. The number of rotatable bonds is 7. The van der Waals surface area contributed by atoms with E-state index >= 15 is 4.39 Å². The molecule has 1 aliphatic heterocycles. The van der Waals surface area contributed by atoms with Gasteiger partial charge in [0.2, 0.25) is 5.82 Å². The van der Waals surface area contributed by atoms with Gasteiger partial charge in [-0.1, -0.05) is 0 Å². The third kappa shape index (κ3) is 4.87. The zero-order valence-electron chi connectivity index (χ0n) is 18.0. The van der Waals surface area contributed by atoms with Crippen LogP contribution in [-0.4, -0.2) is 55.7 Å². The Labute approximate surface area is 197 Å². The Morgan fingerprint density at radius 2 is 1.89 bits per heavy atom. The van der Waals surface area contributed by atoms with Crippen LogP contribution in [0, 0.1) is 5.82 Å². The minimum Gasteiger partial charge on any atom is -0.493 e. The first-order chi connectivity index (χ1) is 16.9. The minimum atomic E-state index is -5.19. The van der Waals surface area contributed by atoms with Crippen molar-refractivity contribution >= 4 is 17.1 Å². The molecule has 4 rings (SSSR count). The zero-order chi connectivity index (χ0) is 26.1. The van der Waals surface area contributed by atoms with E-state index in [2.05, 4.69) is 30.8 Å². The first kappa shape index (κ1) is 25.1. The number of aromatic amines is 2. The number of carbonyl (C=O) groups is 1. The van der Waals surface area contributed by atoms with E-state index in [0.717, 1.165) is 12.1 Å². The summed E-state index contributed by atoms with van der Waals surface area (Å²) < 4.78 is 101. The molecule has 3 heterocycles. The second-order valence-corrected chi connectivity index (χ2v) is 7.80. The molecule has 0 fully saturated rings. The highest BCUT2D eigenvalue weighted by atomic mass is 19.4. The number of halogens is 7. The fourth-order valence-corrected chi connectivity index (χ4v) is 3.83. The van der Waals surface area contributed by atoms with Gasteiger partial charge in [-0.15, -0.1) is 10.2 Å². The Hall–Kier alpha value is -3.98. The quantitative estimate of drug-likeness (QED) is 0.324. The number of nitrogens with zero attached hydrogens (tertiary/aromatic N) is 4. The molecule has 9 nitrogen and oxygen atoms in total. The van der Waals surface area contributed by atoms with Gasteiger partial charge in [0.15, 0.2) is 5.54 Å². The molecule has 1 aromatic carbocycles. The first-order valence-corrected chi connectivity index (χ1v) is 10.3. The van der Waals surface area contributed by atoms with Gasteiger partial charge >= 0.3 is 12.4 Å². The number of carbonyl (C=O) groups excluding carboxylic acids is 1. The molecule has 1 amide bonds. The Bertz CT molecular complexity index is 1250. The molecule has 1 atom stereocenters. The Kier molecular flexibility index (Phi) is 6.44. The molecule has 16 heteroatoms. The zero-order valence-corrected chi connectivity index (χ0v) is 18.0. The summed E-state index contributed by atoms with van der Waals surface area (Å²) in [6.07, 6.45) is -10.9. The van der Waals surface area contributed by atoms with E-state index in [1.54, 1.807) is 0 Å². The van der Waals surface area contributed by atoms with Gasteiger partial charge in [-0.3, -0.25) is 9.89 Å². The van der Waals surface area contributed by atoms with Crippen LogP contribution in [0.4, 0.5) is 30.7 Å². The summed E-state index contributed by atoms with van der Waals surface area (Å²) in [6.45, 7) is -0.430. The predicted octanol–water partition coefficient (Wildman–Crippen LogP) is 3.67. The van der Waals surface area contributed by atoms with E-state index in [1.807, 2.05) is 5.32 Å². The molecule has 0 spiro atoms. The summed E-state index contributed by atoms with van der Waals surface area (Å²) >= 11 is 0. The number of amides is 1. The standard InChI is InChI=1S/C20H16F7N7O2/c21-13-8-10(36-7-1-5-19(22,23)24)2-3-12(13)18(20(25,26)27)9-11(14-4-6-28-30-14)15(17(35)29-18)16-31-33-34-32-16/h2-4,6,8H,1,5,7,9H2,(H,28,30)(H,29,35)(H,31,32,33,34)/t18-/m0/s1. The molecule has 0 bridgehead atoms. The van der Waals surface area contributed by atoms with Gasteiger partial charge in [0.05, 0.1) is 17.9 Å². The predicted molar refractivity (Wildman–Crippen MR) is 107 cm³/mol. The van der Waals surface area contributed by atoms with Crippen molar-refractivity contribution in [3.63, 3.8) is 0 Å². The number of nitrogens with one attached hydrogen (secondary N) is 3. The van der Waals surface area contributed by atoms with Crippen molar-refractivity contribution in [2.45, 2.75) is 37.2 Å². The van der Waals surface area contributed by atoms with Crippen molar-refractivity contribution in [3.8, 4) is 5.75 Å². The Balaban J connectivity index is 1.72. The van der Waals surface area contributed by atoms with Crippen LogP contribution in [0.25, 0.3) is 11.1 Å². The van der Waals surface area contributed by atoms with Crippen molar-refractivity contribution < 1.29 is 40.3 Å². The molecule has 0 aliphatic carbocycles. The van der Waals surface area contributed by atoms with Crippen molar-refractivity contribution in [3.05, 3.63) is 53.4 Å². The summed E-state index contributed by atoms with van der Waals surface area (Å²) in [6, 6.07) is 3.70. The van der Waals surface area contributed by atoms with Crippen LogP contribution in [0.5, 0.6) is 5.75 Å². The van der Waals surface area contributed by atoms with Crippen LogP contribution in [0.15, 0.2) is 30.5 Å². The van der Waals surface area contributed by atoms with Crippen LogP contribution < -0.4 is 10.1 Å². The van der Waals surface area contributed by atoms with E-state index in [-0.39, 0.29) is 28.4 Å². The van der Waals surface area contributed by atoms with Gasteiger partial charge in [-0.2, -0.15) is 36.7 Å². The van der Waals surface area contributed by atoms with Crippen LogP contribution in [-0.2, 0) is 10.3 Å². The van der Waals surface area contributed by atoms with Gasteiger partial charge in [0.25, 0.3) is 5.91 Å². The number of hydrogen-bond acceptors (Lipinski definition) is 6. The average molecular weight is 519 g/mol. The molecule has 0 saturated heterocycles. The fraction of sp³-hybridized carbons (Fsp3) is 0.350. The molecule has 36 heavy (non-hydrogen) atoms. The smallest absolute Gasteiger partial charge is 0.416 e. The van der Waals surface area contributed by atoms with Gasteiger partial charge in [-0.05, 0) is 35.4 Å². The highest BCUT2D eigenvalue weighted by Gasteiger charge is 2.61. The summed E-state index contributed by atoms with van der Waals surface area (Å²) in [5.41, 5.74) is -4.60. The van der Waals surface area contributed by atoms with Gasteiger partial charge in [-0.25, -0.2) is 4.39 Å². The number of hydrogen-bond donors (Lipinski definition) is 3. The minimum absolute atomic E-state index is 0.0447. The lowest BCUT2D eigenvalue weighted by molar-refractivity contribution is -0.202. The molecule has 0 saturated carbocycles. The fourth-order valence-electron chi connectivity index (χ4n) is 3.83. The number of benzene rings is 1. The molecular weight excluding hydrogens is 503 g/mol. The maximum Gasteiger partial charge on any atom is 0.416 e. The molecule has 2 aromatic heterocycles. The summed E-state index contributed by atoms with van der Waals surface area (Å²) in [4.78, 5) is 13.0. The largest absolute Gasteiger partial charge is 0.493 e. The Morgan fingerprint density at radius 3 is 2.47 bits per heavy atom. The molecule has 3 N–H and O–H groups in total. The van der Waals surface area contributed by atoms with Crippen molar-refractivity contribution in [2.75, 3.05) is 6.61 Å². The van der Waals surface area contributed by atoms with E-state index in [0.29, 0.717) is 6.07 Å². The highest BCUT2D eigenvalue weighted by molar-refractivity contribution is 6.27. The molecule has 1 aliphatic rings. The molecule has 0 unspecified atom stereocenters. The molecule has 3 aromatic rings. The topological polar surface area (TPSA) is 121 Å². The SMILES string of the molecule is O=C1N[C@@](c2ccc(OCCCC(F)(F)F)cc2F)(C(F)(F)F)CC(c2ccn[nH]2)=C1c1nn[nH]n1. The molecular formula is C20H16F7N7O2. The normalized spacial score (nSPS) is 18.9. The van der Waals surface area contributed by atoms with Crippen LogP contribution in [0.3, 0.4) is 0 Å². The lowest BCUT2D eigenvalue weighted by Crippen LogP contribution is -2.59. The van der Waals surface area contributed by atoms with E-state index in [9.17, 15) is 31.1 Å². The van der Waals surface area contributed by atoms with Crippen molar-refractivity contribution in [1.29, 1.82) is 0 Å². The lowest BCUT2D eigenvalue weighted by Gasteiger charge is -2.41. The second-order valence-electron chi connectivity index (χ2n) is 7.80. The lowest BCUT2D eigenvalue weighted by atomic mass is 9.77. The number of alkyl halides is 6. The average Bonchev–Trinajstić information content (AvgIpc) is 3.49. The number of tetrazole rings is 1.